The van der Waals surface area contributed by atoms with Crippen molar-refractivity contribution in [2.75, 3.05) is 23.8 Å². The van der Waals surface area contributed by atoms with Gasteiger partial charge in [0.25, 0.3) is 5.91 Å². The molecule has 0 radical (unpaired) electrons. The Bertz CT molecular complexity index is 1140. The highest BCUT2D eigenvalue weighted by atomic mass is 32.2. The normalized spacial score (nSPS) is 11.4. The van der Waals surface area contributed by atoms with E-state index in [1.165, 1.54) is 23.1 Å². The summed E-state index contributed by atoms with van der Waals surface area (Å²) in [7, 11) is 0. The summed E-state index contributed by atoms with van der Waals surface area (Å²) in [5.74, 6) is -0.184. The van der Waals surface area contributed by atoms with Crippen LogP contribution in [0.3, 0.4) is 0 Å². The maximum Gasteiger partial charge on any atom is 0.311 e. The molecule has 1 atom stereocenters. The van der Waals surface area contributed by atoms with Crippen LogP contribution in [-0.4, -0.2) is 41.2 Å². The van der Waals surface area contributed by atoms with Crippen LogP contribution in [0.5, 0.6) is 5.75 Å². The molecule has 8 nitrogen and oxygen atoms in total. The zero-order chi connectivity index (χ0) is 25.0. The minimum absolute atomic E-state index is 0.0705. The number of thiazole rings is 1. The quantitative estimate of drug-likeness (QED) is 0.265. The molecule has 0 fully saturated rings. The minimum atomic E-state index is -0.361. The summed E-state index contributed by atoms with van der Waals surface area (Å²) in [6, 6.07) is 16.4. The summed E-state index contributed by atoms with van der Waals surface area (Å²) in [5.41, 5.74) is 1.18. The average molecular weight is 514 g/mol. The van der Waals surface area contributed by atoms with Crippen molar-refractivity contribution in [2.45, 2.75) is 36.8 Å². The second-order valence-corrected chi connectivity index (χ2v) is 9.44. The van der Waals surface area contributed by atoms with Crippen molar-refractivity contribution in [3.05, 3.63) is 65.7 Å². The molecule has 2 amide bonds. The van der Waals surface area contributed by atoms with Crippen LogP contribution in [0.2, 0.25) is 0 Å². The summed E-state index contributed by atoms with van der Waals surface area (Å²) < 4.78 is 10.4. The van der Waals surface area contributed by atoms with Crippen LogP contribution in [0.1, 0.15) is 26.0 Å². The van der Waals surface area contributed by atoms with E-state index in [2.05, 4.69) is 15.6 Å². The van der Waals surface area contributed by atoms with Crippen molar-refractivity contribution < 1.29 is 23.9 Å². The summed E-state index contributed by atoms with van der Waals surface area (Å²) in [4.78, 5) is 41.8. The van der Waals surface area contributed by atoms with E-state index >= 15 is 0 Å². The third kappa shape index (κ3) is 8.73. The van der Waals surface area contributed by atoms with Gasteiger partial charge in [-0.3, -0.25) is 14.4 Å². The average Bonchev–Trinajstić information content (AvgIpc) is 3.28. The third-order valence-corrected chi connectivity index (χ3v) is 6.75. The lowest BCUT2D eigenvalue weighted by atomic mass is 10.3. The van der Waals surface area contributed by atoms with Crippen molar-refractivity contribution >= 4 is 51.7 Å². The number of nitrogens with one attached hydrogen (secondary N) is 2. The van der Waals surface area contributed by atoms with Gasteiger partial charge in [-0.25, -0.2) is 4.98 Å². The van der Waals surface area contributed by atoms with E-state index in [0.717, 1.165) is 4.90 Å². The maximum atomic E-state index is 12.8. The van der Waals surface area contributed by atoms with E-state index in [0.29, 0.717) is 35.3 Å². The molecule has 2 N–H and O–H groups in total. The molecule has 184 valence electrons. The number of hydrogen-bond donors (Lipinski definition) is 2. The van der Waals surface area contributed by atoms with E-state index in [4.69, 9.17) is 9.47 Å². The Balaban J connectivity index is 1.53. The number of benzene rings is 2. The highest BCUT2D eigenvalue weighted by Crippen LogP contribution is 2.29. The summed E-state index contributed by atoms with van der Waals surface area (Å²) in [6.45, 7) is 3.89. The molecule has 1 heterocycles. The second kappa shape index (κ2) is 13.5. The minimum Gasteiger partial charge on any atom is -0.484 e. The number of para-hydroxylation sites is 1. The second-order valence-electron chi connectivity index (χ2n) is 7.31. The van der Waals surface area contributed by atoms with E-state index in [-0.39, 0.29) is 36.1 Å². The number of rotatable bonds is 12. The molecule has 0 aliphatic heterocycles. The van der Waals surface area contributed by atoms with E-state index in [9.17, 15) is 14.4 Å². The first-order valence-electron chi connectivity index (χ1n) is 11.1. The van der Waals surface area contributed by atoms with Gasteiger partial charge in [0.1, 0.15) is 5.75 Å². The number of amides is 2. The predicted molar refractivity (Wildman–Crippen MR) is 138 cm³/mol. The molecule has 0 spiro atoms. The van der Waals surface area contributed by atoms with Crippen LogP contribution in [0.15, 0.2) is 64.9 Å². The lowest BCUT2D eigenvalue weighted by Gasteiger charge is -2.14. The zero-order valence-corrected chi connectivity index (χ0v) is 21.1. The highest BCUT2D eigenvalue weighted by Gasteiger charge is 2.20. The first-order valence-corrected chi connectivity index (χ1v) is 12.9. The molecule has 10 heteroatoms. The molecule has 0 aliphatic carbocycles. The van der Waals surface area contributed by atoms with E-state index in [1.54, 1.807) is 30.5 Å². The number of anilines is 2. The van der Waals surface area contributed by atoms with Crippen LogP contribution >= 0.6 is 23.1 Å². The molecule has 3 aromatic rings. The van der Waals surface area contributed by atoms with E-state index < -0.39 is 0 Å². The molecule has 3 rings (SSSR count). The number of esters is 1. The van der Waals surface area contributed by atoms with Gasteiger partial charge in [0.05, 0.1) is 24.0 Å². The smallest absolute Gasteiger partial charge is 0.311 e. The number of aromatic nitrogens is 1. The number of carbonyl (C=O) groups is 3. The van der Waals surface area contributed by atoms with Gasteiger partial charge < -0.3 is 20.1 Å². The third-order valence-electron chi connectivity index (χ3n) is 4.59. The molecule has 0 aliphatic rings. The molecule has 35 heavy (non-hydrogen) atoms. The number of nitrogens with zero attached hydrogens (tertiary/aromatic N) is 1. The topological polar surface area (TPSA) is 107 Å². The van der Waals surface area contributed by atoms with Crippen LogP contribution in [0, 0.1) is 0 Å². The van der Waals surface area contributed by atoms with Gasteiger partial charge in [-0.15, -0.1) is 23.1 Å². The van der Waals surface area contributed by atoms with Crippen LogP contribution in [0.25, 0.3) is 0 Å². The van der Waals surface area contributed by atoms with Gasteiger partial charge in [-0.2, -0.15) is 0 Å². The standard InChI is InChI=1S/C25H27N3O5S2/c1-3-21(24(31)28-25-27-18(16-34-25)14-23(30)32-4-2)35-20-12-8-9-17(13-20)26-22(29)15-33-19-10-6-5-7-11-19/h5-13,16,21H,3-4,14-15H2,1-2H3,(H,26,29)(H,27,28,31). The number of thioether (sulfide) groups is 1. The Morgan fingerprint density at radius 2 is 1.86 bits per heavy atom. The molecule has 1 unspecified atom stereocenters. The van der Waals surface area contributed by atoms with Crippen molar-refractivity contribution in [3.63, 3.8) is 0 Å². The van der Waals surface area contributed by atoms with Gasteiger partial charge >= 0.3 is 5.97 Å². The predicted octanol–water partition coefficient (Wildman–Crippen LogP) is 4.78. The largest absolute Gasteiger partial charge is 0.484 e. The van der Waals surface area contributed by atoms with Crippen molar-refractivity contribution in [1.29, 1.82) is 0 Å². The highest BCUT2D eigenvalue weighted by molar-refractivity contribution is 8.00. The summed E-state index contributed by atoms with van der Waals surface area (Å²) in [5, 5.41) is 7.45. The van der Waals surface area contributed by atoms with Crippen molar-refractivity contribution in [2.24, 2.45) is 0 Å². The lowest BCUT2D eigenvalue weighted by molar-refractivity contribution is -0.142. The first kappa shape index (κ1) is 26.2. The van der Waals surface area contributed by atoms with Crippen LogP contribution in [0.4, 0.5) is 10.8 Å². The molecule has 0 saturated carbocycles. The van der Waals surface area contributed by atoms with Crippen molar-refractivity contribution in [3.8, 4) is 5.75 Å². The fourth-order valence-corrected chi connectivity index (χ4v) is 4.71. The Kier molecular flexibility index (Phi) is 10.1. The zero-order valence-electron chi connectivity index (χ0n) is 19.5. The Morgan fingerprint density at radius 3 is 2.60 bits per heavy atom. The van der Waals surface area contributed by atoms with Gasteiger partial charge in [0.2, 0.25) is 5.91 Å². The first-order chi connectivity index (χ1) is 17.0. The monoisotopic (exact) mass is 513 g/mol. The van der Waals surface area contributed by atoms with Gasteiger partial charge in [-0.05, 0) is 43.7 Å². The Hall–Kier alpha value is -3.37. The molecule has 2 aromatic carbocycles. The summed E-state index contributed by atoms with van der Waals surface area (Å²) in [6.07, 6.45) is 0.667. The van der Waals surface area contributed by atoms with Gasteiger partial charge in [-0.1, -0.05) is 31.2 Å². The van der Waals surface area contributed by atoms with Crippen molar-refractivity contribution in [1.82, 2.24) is 4.98 Å². The number of ether oxygens (including phenoxy) is 2. The SMILES string of the molecule is CCOC(=O)Cc1csc(NC(=O)C(CC)Sc2cccc(NC(=O)COc3ccccc3)c2)n1. The molecule has 0 saturated heterocycles. The molecular weight excluding hydrogens is 486 g/mol. The van der Waals surface area contributed by atoms with Crippen LogP contribution < -0.4 is 15.4 Å². The Morgan fingerprint density at radius 1 is 1.06 bits per heavy atom. The van der Waals surface area contributed by atoms with Gasteiger partial charge in [0.15, 0.2) is 11.7 Å². The van der Waals surface area contributed by atoms with Crippen LogP contribution in [-0.2, 0) is 25.5 Å². The number of hydrogen-bond acceptors (Lipinski definition) is 8. The fraction of sp³-hybridized carbons (Fsp3) is 0.280. The molecule has 0 bridgehead atoms. The maximum absolute atomic E-state index is 12.8. The Labute approximate surface area is 212 Å². The molecule has 1 aromatic heterocycles. The summed E-state index contributed by atoms with van der Waals surface area (Å²) >= 11 is 2.66. The van der Waals surface area contributed by atoms with Gasteiger partial charge in [0, 0.05) is 16.0 Å². The fourth-order valence-electron chi connectivity index (χ4n) is 2.99. The number of carbonyl (C=O) groups excluding carboxylic acids is 3. The lowest BCUT2D eigenvalue weighted by Crippen LogP contribution is -2.24. The molecular formula is C25H27N3O5S2. The van der Waals surface area contributed by atoms with E-state index in [1.807, 2.05) is 43.3 Å².